The lowest BCUT2D eigenvalue weighted by atomic mass is 10.1. The number of likely N-dealkylation sites (tertiary alicyclic amines) is 1. The summed E-state index contributed by atoms with van der Waals surface area (Å²) in [4.78, 5) is 31.3. The SMILES string of the molecule is Cc1cc(COc2ccc(C(=O)NCC(C(=O)NO)N3CCCCC3)cc2)c2ccccc2n1. The molecule has 1 atom stereocenters. The van der Waals surface area contributed by atoms with E-state index in [0.717, 1.165) is 54.5 Å². The van der Waals surface area contributed by atoms with Gasteiger partial charge in [-0.15, -0.1) is 0 Å². The van der Waals surface area contributed by atoms with Crippen molar-refractivity contribution in [3.05, 3.63) is 71.4 Å². The van der Waals surface area contributed by atoms with Crippen LogP contribution in [0.1, 0.15) is 40.9 Å². The number of nitrogens with zero attached hydrogens (tertiary/aromatic N) is 2. The maximum absolute atomic E-state index is 12.6. The van der Waals surface area contributed by atoms with Gasteiger partial charge in [0, 0.05) is 28.8 Å². The average molecular weight is 463 g/mol. The summed E-state index contributed by atoms with van der Waals surface area (Å²) in [6, 6.07) is 16.3. The highest BCUT2D eigenvalue weighted by Gasteiger charge is 2.27. The van der Waals surface area contributed by atoms with Crippen molar-refractivity contribution in [2.24, 2.45) is 0 Å². The Labute approximate surface area is 198 Å². The molecule has 1 saturated heterocycles. The Bertz CT molecular complexity index is 1140. The number of rotatable bonds is 8. The number of benzene rings is 2. The van der Waals surface area contributed by atoms with Gasteiger partial charge in [0.05, 0.1) is 5.52 Å². The number of aryl methyl sites for hydroxylation is 1. The topological polar surface area (TPSA) is 104 Å². The smallest absolute Gasteiger partial charge is 0.262 e. The monoisotopic (exact) mass is 462 g/mol. The number of carbonyl (C=O) groups excluding carboxylic acids is 2. The van der Waals surface area contributed by atoms with Crippen LogP contribution in [0.15, 0.2) is 54.6 Å². The third-order valence-corrected chi connectivity index (χ3v) is 6.14. The Morgan fingerprint density at radius 2 is 1.82 bits per heavy atom. The lowest BCUT2D eigenvalue weighted by Crippen LogP contribution is -2.53. The summed E-state index contributed by atoms with van der Waals surface area (Å²) < 4.78 is 5.97. The van der Waals surface area contributed by atoms with Gasteiger partial charge < -0.3 is 10.1 Å². The Kier molecular flexibility index (Phi) is 7.72. The number of nitrogens with one attached hydrogen (secondary N) is 2. The van der Waals surface area contributed by atoms with Crippen LogP contribution in [0.5, 0.6) is 5.75 Å². The lowest BCUT2D eigenvalue weighted by Gasteiger charge is -2.33. The van der Waals surface area contributed by atoms with Gasteiger partial charge in [-0.2, -0.15) is 0 Å². The Morgan fingerprint density at radius 1 is 1.09 bits per heavy atom. The number of amides is 2. The molecule has 8 nitrogen and oxygen atoms in total. The van der Waals surface area contributed by atoms with Crippen molar-refractivity contribution >= 4 is 22.7 Å². The van der Waals surface area contributed by atoms with Gasteiger partial charge in [-0.05, 0) is 69.3 Å². The van der Waals surface area contributed by atoms with E-state index in [0.29, 0.717) is 17.9 Å². The van der Waals surface area contributed by atoms with Crippen molar-refractivity contribution in [2.45, 2.75) is 38.8 Å². The molecule has 0 spiro atoms. The maximum atomic E-state index is 12.6. The zero-order valence-corrected chi connectivity index (χ0v) is 19.3. The number of para-hydroxylation sites is 1. The summed E-state index contributed by atoms with van der Waals surface area (Å²) in [5, 5.41) is 13.0. The van der Waals surface area contributed by atoms with Crippen LogP contribution in [0.4, 0.5) is 0 Å². The van der Waals surface area contributed by atoms with Crippen molar-refractivity contribution in [3.63, 3.8) is 0 Å². The minimum absolute atomic E-state index is 0.123. The molecule has 4 rings (SSSR count). The number of hydrogen-bond acceptors (Lipinski definition) is 6. The van der Waals surface area contributed by atoms with Crippen LogP contribution in [0.2, 0.25) is 0 Å². The molecule has 0 aliphatic carbocycles. The molecular weight excluding hydrogens is 432 g/mol. The molecule has 3 aromatic rings. The molecular formula is C26H30N4O4. The predicted molar refractivity (Wildman–Crippen MR) is 129 cm³/mol. The highest BCUT2D eigenvalue weighted by atomic mass is 16.5. The van der Waals surface area contributed by atoms with E-state index >= 15 is 0 Å². The standard InChI is InChI=1S/C26H30N4O4/c1-18-15-20(22-7-3-4-8-23(22)28-18)17-34-21-11-9-19(10-12-21)25(31)27-16-24(26(32)29-33)30-13-5-2-6-14-30/h3-4,7-12,15,24,33H,2,5-6,13-14,16-17H2,1H3,(H,27,31)(H,29,32). The molecule has 0 saturated carbocycles. The molecule has 1 aromatic heterocycles. The normalized spacial score (nSPS) is 15.0. The average Bonchev–Trinajstić information content (AvgIpc) is 2.88. The molecule has 178 valence electrons. The summed E-state index contributed by atoms with van der Waals surface area (Å²) in [5.41, 5.74) is 5.11. The molecule has 1 aliphatic rings. The fourth-order valence-corrected chi connectivity index (χ4v) is 4.36. The van der Waals surface area contributed by atoms with E-state index in [1.54, 1.807) is 29.7 Å². The van der Waals surface area contributed by atoms with Gasteiger partial charge in [0.2, 0.25) is 0 Å². The van der Waals surface area contributed by atoms with Gasteiger partial charge in [-0.1, -0.05) is 24.6 Å². The second-order valence-electron chi connectivity index (χ2n) is 8.55. The highest BCUT2D eigenvalue weighted by Crippen LogP contribution is 2.21. The molecule has 3 N–H and O–H groups in total. The molecule has 1 fully saturated rings. The van der Waals surface area contributed by atoms with Crippen LogP contribution >= 0.6 is 0 Å². The molecule has 1 aliphatic heterocycles. The molecule has 2 aromatic carbocycles. The van der Waals surface area contributed by atoms with Crippen molar-refractivity contribution in [2.75, 3.05) is 19.6 Å². The largest absolute Gasteiger partial charge is 0.489 e. The number of carbonyl (C=O) groups is 2. The van der Waals surface area contributed by atoms with Crippen LogP contribution in [0, 0.1) is 6.92 Å². The summed E-state index contributed by atoms with van der Waals surface area (Å²) in [6.45, 7) is 4.02. The summed E-state index contributed by atoms with van der Waals surface area (Å²) >= 11 is 0. The maximum Gasteiger partial charge on any atom is 0.262 e. The van der Waals surface area contributed by atoms with Crippen molar-refractivity contribution in [1.82, 2.24) is 20.7 Å². The van der Waals surface area contributed by atoms with Crippen LogP contribution in [0.3, 0.4) is 0 Å². The number of ether oxygens (including phenoxy) is 1. The third-order valence-electron chi connectivity index (χ3n) is 6.14. The van der Waals surface area contributed by atoms with E-state index in [2.05, 4.69) is 10.3 Å². The van der Waals surface area contributed by atoms with Gasteiger partial charge in [-0.3, -0.25) is 24.7 Å². The van der Waals surface area contributed by atoms with Crippen LogP contribution < -0.4 is 15.5 Å². The quantitative estimate of drug-likeness (QED) is 0.351. The van der Waals surface area contributed by atoms with Gasteiger partial charge in [0.25, 0.3) is 11.8 Å². The lowest BCUT2D eigenvalue weighted by molar-refractivity contribution is -0.135. The van der Waals surface area contributed by atoms with Gasteiger partial charge in [0.15, 0.2) is 0 Å². The van der Waals surface area contributed by atoms with Gasteiger partial charge in [-0.25, -0.2) is 5.48 Å². The number of aromatic nitrogens is 1. The van der Waals surface area contributed by atoms with E-state index in [1.807, 2.05) is 42.2 Å². The zero-order valence-electron chi connectivity index (χ0n) is 19.3. The summed E-state index contributed by atoms with van der Waals surface area (Å²) in [6.07, 6.45) is 3.13. The fourth-order valence-electron chi connectivity index (χ4n) is 4.36. The van der Waals surface area contributed by atoms with Crippen molar-refractivity contribution < 1.29 is 19.5 Å². The molecule has 2 heterocycles. The molecule has 8 heteroatoms. The van der Waals surface area contributed by atoms with E-state index < -0.39 is 11.9 Å². The first kappa shape index (κ1) is 23.7. The number of hydroxylamine groups is 1. The molecule has 0 bridgehead atoms. The Balaban J connectivity index is 1.36. The second-order valence-corrected chi connectivity index (χ2v) is 8.55. The van der Waals surface area contributed by atoms with Crippen molar-refractivity contribution in [1.29, 1.82) is 0 Å². The third kappa shape index (κ3) is 5.70. The first-order valence-electron chi connectivity index (χ1n) is 11.6. The Morgan fingerprint density at radius 3 is 2.56 bits per heavy atom. The van der Waals surface area contributed by atoms with Gasteiger partial charge in [0.1, 0.15) is 18.4 Å². The molecule has 34 heavy (non-hydrogen) atoms. The molecule has 0 radical (unpaired) electrons. The summed E-state index contributed by atoms with van der Waals surface area (Å²) in [5.74, 6) is -0.138. The Hall–Kier alpha value is -3.49. The van der Waals surface area contributed by atoms with E-state index in [4.69, 9.17) is 9.94 Å². The van der Waals surface area contributed by atoms with E-state index in [1.165, 1.54) is 0 Å². The molecule has 2 amide bonds. The minimum atomic E-state index is -0.601. The van der Waals surface area contributed by atoms with Crippen molar-refractivity contribution in [3.8, 4) is 5.75 Å². The van der Waals surface area contributed by atoms with Crippen LogP contribution in [-0.4, -0.2) is 52.6 Å². The number of fused-ring (bicyclic) bond motifs is 1. The number of piperidine rings is 1. The second kappa shape index (κ2) is 11.1. The fraction of sp³-hybridized carbons (Fsp3) is 0.346. The first-order chi connectivity index (χ1) is 16.5. The number of pyridine rings is 1. The van der Waals surface area contributed by atoms with E-state index in [9.17, 15) is 9.59 Å². The summed E-state index contributed by atoms with van der Waals surface area (Å²) in [7, 11) is 0. The first-order valence-corrected chi connectivity index (χ1v) is 11.6. The predicted octanol–water partition coefficient (Wildman–Crippen LogP) is 3.21. The van der Waals surface area contributed by atoms with E-state index in [-0.39, 0.29) is 12.5 Å². The van der Waals surface area contributed by atoms with Crippen LogP contribution in [0.25, 0.3) is 10.9 Å². The number of hydrogen-bond donors (Lipinski definition) is 3. The zero-order chi connectivity index (χ0) is 23.9. The minimum Gasteiger partial charge on any atom is -0.489 e. The molecule has 1 unspecified atom stereocenters. The van der Waals surface area contributed by atoms with Gasteiger partial charge >= 0.3 is 0 Å². The highest BCUT2D eigenvalue weighted by molar-refractivity contribution is 5.94. The van der Waals surface area contributed by atoms with Crippen LogP contribution in [-0.2, 0) is 11.4 Å².